The van der Waals surface area contributed by atoms with Gasteiger partial charge in [-0.3, -0.25) is 4.79 Å². The SMILES string of the molecule is O=C(CCC1CCNCC1)NCC1(c2ccc(F)cc2)CCC1. The molecule has 3 nitrogen and oxygen atoms in total. The van der Waals surface area contributed by atoms with Gasteiger partial charge in [0, 0.05) is 18.4 Å². The van der Waals surface area contributed by atoms with Gasteiger partial charge >= 0.3 is 0 Å². The van der Waals surface area contributed by atoms with Crippen molar-refractivity contribution >= 4 is 5.91 Å². The zero-order chi connectivity index (χ0) is 16.1. The number of halogens is 1. The Morgan fingerprint density at radius 3 is 2.52 bits per heavy atom. The Morgan fingerprint density at radius 2 is 1.91 bits per heavy atom. The van der Waals surface area contributed by atoms with Gasteiger partial charge in [0.15, 0.2) is 0 Å². The molecular formula is C19H27FN2O. The van der Waals surface area contributed by atoms with E-state index in [2.05, 4.69) is 10.6 Å². The molecule has 0 bridgehead atoms. The van der Waals surface area contributed by atoms with Gasteiger partial charge < -0.3 is 10.6 Å². The van der Waals surface area contributed by atoms with Crippen molar-refractivity contribution in [3.05, 3.63) is 35.6 Å². The molecule has 0 aromatic heterocycles. The quantitative estimate of drug-likeness (QED) is 0.846. The summed E-state index contributed by atoms with van der Waals surface area (Å²) >= 11 is 0. The maximum absolute atomic E-state index is 13.1. The number of rotatable bonds is 6. The van der Waals surface area contributed by atoms with E-state index in [1.54, 1.807) is 0 Å². The van der Waals surface area contributed by atoms with E-state index in [-0.39, 0.29) is 17.1 Å². The van der Waals surface area contributed by atoms with Crippen LogP contribution < -0.4 is 10.6 Å². The van der Waals surface area contributed by atoms with Crippen LogP contribution in [0.25, 0.3) is 0 Å². The van der Waals surface area contributed by atoms with Crippen LogP contribution in [-0.4, -0.2) is 25.5 Å². The summed E-state index contributed by atoms with van der Waals surface area (Å²) in [7, 11) is 0. The topological polar surface area (TPSA) is 41.1 Å². The molecule has 1 aromatic rings. The van der Waals surface area contributed by atoms with E-state index >= 15 is 0 Å². The van der Waals surface area contributed by atoms with Crippen LogP contribution in [0.4, 0.5) is 4.39 Å². The molecule has 2 N–H and O–H groups in total. The fourth-order valence-electron chi connectivity index (χ4n) is 3.84. The molecule has 0 atom stereocenters. The van der Waals surface area contributed by atoms with Crippen LogP contribution in [-0.2, 0) is 10.2 Å². The van der Waals surface area contributed by atoms with Crippen molar-refractivity contribution in [2.45, 2.75) is 50.4 Å². The molecule has 23 heavy (non-hydrogen) atoms. The van der Waals surface area contributed by atoms with Crippen molar-refractivity contribution in [1.82, 2.24) is 10.6 Å². The van der Waals surface area contributed by atoms with E-state index in [4.69, 9.17) is 0 Å². The molecule has 1 saturated heterocycles. The lowest BCUT2D eigenvalue weighted by Gasteiger charge is -2.42. The average molecular weight is 318 g/mol. The largest absolute Gasteiger partial charge is 0.355 e. The number of hydrogen-bond donors (Lipinski definition) is 2. The minimum atomic E-state index is -0.200. The molecule has 126 valence electrons. The number of nitrogens with one attached hydrogen (secondary N) is 2. The maximum Gasteiger partial charge on any atom is 0.220 e. The van der Waals surface area contributed by atoms with Crippen LogP contribution in [0, 0.1) is 11.7 Å². The van der Waals surface area contributed by atoms with E-state index in [9.17, 15) is 9.18 Å². The second-order valence-corrected chi connectivity index (χ2v) is 7.15. The smallest absolute Gasteiger partial charge is 0.220 e. The number of hydrogen-bond acceptors (Lipinski definition) is 2. The number of benzene rings is 1. The first kappa shape index (κ1) is 16.4. The number of amides is 1. The average Bonchev–Trinajstić information content (AvgIpc) is 2.54. The van der Waals surface area contributed by atoms with E-state index < -0.39 is 0 Å². The highest BCUT2D eigenvalue weighted by molar-refractivity contribution is 5.76. The summed E-state index contributed by atoms with van der Waals surface area (Å²) in [6.07, 6.45) is 7.34. The predicted molar refractivity (Wildman–Crippen MR) is 89.8 cm³/mol. The summed E-state index contributed by atoms with van der Waals surface area (Å²) in [6.45, 7) is 2.85. The van der Waals surface area contributed by atoms with Gasteiger partial charge in [-0.15, -0.1) is 0 Å². The van der Waals surface area contributed by atoms with Crippen molar-refractivity contribution < 1.29 is 9.18 Å². The molecule has 1 aromatic carbocycles. The van der Waals surface area contributed by atoms with Crippen LogP contribution in [0.2, 0.25) is 0 Å². The van der Waals surface area contributed by atoms with Crippen LogP contribution in [0.1, 0.15) is 50.5 Å². The Bertz CT molecular complexity index is 519. The van der Waals surface area contributed by atoms with Gasteiger partial charge in [-0.25, -0.2) is 4.39 Å². The zero-order valence-electron chi connectivity index (χ0n) is 13.7. The van der Waals surface area contributed by atoms with Crippen LogP contribution >= 0.6 is 0 Å². The summed E-state index contributed by atoms with van der Waals surface area (Å²) in [5, 5.41) is 6.49. The predicted octanol–water partition coefficient (Wildman–Crippen LogP) is 3.14. The summed E-state index contributed by atoms with van der Waals surface area (Å²) in [6, 6.07) is 6.79. The third-order valence-corrected chi connectivity index (χ3v) is 5.63. The van der Waals surface area contributed by atoms with Gasteiger partial charge in [0.2, 0.25) is 5.91 Å². The van der Waals surface area contributed by atoms with Gasteiger partial charge in [-0.1, -0.05) is 18.6 Å². The normalized spacial score (nSPS) is 20.7. The molecule has 0 radical (unpaired) electrons. The van der Waals surface area contributed by atoms with Gasteiger partial charge in [0.1, 0.15) is 5.82 Å². The van der Waals surface area contributed by atoms with Crippen LogP contribution in [0.15, 0.2) is 24.3 Å². The van der Waals surface area contributed by atoms with Crippen molar-refractivity contribution in [2.24, 2.45) is 5.92 Å². The molecule has 3 rings (SSSR count). The first-order valence-corrected chi connectivity index (χ1v) is 8.91. The van der Waals surface area contributed by atoms with Crippen molar-refractivity contribution in [1.29, 1.82) is 0 Å². The molecular weight excluding hydrogens is 291 g/mol. The van der Waals surface area contributed by atoms with Crippen molar-refractivity contribution in [3.63, 3.8) is 0 Å². The first-order chi connectivity index (χ1) is 11.2. The van der Waals surface area contributed by atoms with E-state index in [1.165, 1.54) is 31.4 Å². The highest BCUT2D eigenvalue weighted by atomic mass is 19.1. The molecule has 2 fully saturated rings. The molecule has 1 saturated carbocycles. The summed E-state index contributed by atoms with van der Waals surface area (Å²) in [4.78, 5) is 12.2. The van der Waals surface area contributed by atoms with E-state index in [1.807, 2.05) is 12.1 Å². The Morgan fingerprint density at radius 1 is 1.22 bits per heavy atom. The zero-order valence-corrected chi connectivity index (χ0v) is 13.7. The molecule has 4 heteroatoms. The maximum atomic E-state index is 13.1. The summed E-state index contributed by atoms with van der Waals surface area (Å²) in [5.74, 6) is 0.655. The Kier molecular flexibility index (Phi) is 5.31. The minimum absolute atomic E-state index is 0.0259. The summed E-state index contributed by atoms with van der Waals surface area (Å²) in [5.41, 5.74) is 1.18. The Hall–Kier alpha value is -1.42. The number of carbonyl (C=O) groups is 1. The van der Waals surface area contributed by atoms with Crippen LogP contribution in [0.5, 0.6) is 0 Å². The fourth-order valence-corrected chi connectivity index (χ4v) is 3.84. The molecule has 2 aliphatic rings. The second kappa shape index (κ2) is 7.43. The van der Waals surface area contributed by atoms with Gasteiger partial charge in [-0.05, 0) is 68.8 Å². The highest BCUT2D eigenvalue weighted by Gasteiger charge is 2.38. The Labute approximate surface area is 138 Å². The lowest BCUT2D eigenvalue weighted by atomic mass is 9.64. The lowest BCUT2D eigenvalue weighted by molar-refractivity contribution is -0.121. The van der Waals surface area contributed by atoms with Crippen molar-refractivity contribution in [2.75, 3.05) is 19.6 Å². The molecule has 1 heterocycles. The minimum Gasteiger partial charge on any atom is -0.355 e. The van der Waals surface area contributed by atoms with Gasteiger partial charge in [-0.2, -0.15) is 0 Å². The second-order valence-electron chi connectivity index (χ2n) is 7.15. The van der Waals surface area contributed by atoms with Gasteiger partial charge in [0.05, 0.1) is 0 Å². The third-order valence-electron chi connectivity index (χ3n) is 5.63. The monoisotopic (exact) mass is 318 g/mol. The van der Waals surface area contributed by atoms with E-state index in [0.717, 1.165) is 37.9 Å². The van der Waals surface area contributed by atoms with Crippen LogP contribution in [0.3, 0.4) is 0 Å². The molecule has 0 unspecified atom stereocenters. The standard InChI is InChI=1S/C19H27FN2O/c20-17-5-3-16(4-6-17)19(10-1-11-19)14-22-18(23)7-2-15-8-12-21-13-9-15/h3-6,15,21H,1-2,7-14H2,(H,22,23). The van der Waals surface area contributed by atoms with Crippen molar-refractivity contribution in [3.8, 4) is 0 Å². The number of carbonyl (C=O) groups excluding carboxylic acids is 1. The highest BCUT2D eigenvalue weighted by Crippen LogP contribution is 2.43. The third kappa shape index (κ3) is 4.11. The van der Waals surface area contributed by atoms with Gasteiger partial charge in [0.25, 0.3) is 0 Å². The lowest BCUT2D eigenvalue weighted by Crippen LogP contribution is -2.45. The Balaban J connectivity index is 1.47. The molecule has 0 spiro atoms. The molecule has 1 aliphatic heterocycles. The first-order valence-electron chi connectivity index (χ1n) is 8.91. The summed E-state index contributed by atoms with van der Waals surface area (Å²) < 4.78 is 13.1. The molecule has 1 aliphatic carbocycles. The fraction of sp³-hybridized carbons (Fsp3) is 0.632. The molecule has 1 amide bonds. The number of piperidine rings is 1. The van der Waals surface area contributed by atoms with E-state index in [0.29, 0.717) is 18.9 Å².